The zero-order chi connectivity index (χ0) is 11.7. The van der Waals surface area contributed by atoms with Crippen molar-refractivity contribution in [3.05, 3.63) is 20.2 Å². The molecule has 1 N–H and O–H groups in total. The van der Waals surface area contributed by atoms with Crippen LogP contribution >= 0.6 is 11.3 Å². The highest BCUT2D eigenvalue weighted by Crippen LogP contribution is 2.32. The molecule has 94 valence electrons. The number of likely N-dealkylation sites (tertiary alicyclic amines) is 1. The van der Waals surface area contributed by atoms with Crippen molar-refractivity contribution in [3.8, 4) is 0 Å². The van der Waals surface area contributed by atoms with Gasteiger partial charge in [0.15, 0.2) is 0 Å². The van der Waals surface area contributed by atoms with E-state index in [1.54, 1.807) is 0 Å². The van der Waals surface area contributed by atoms with Crippen LogP contribution in [0.2, 0.25) is 0 Å². The number of aryl methyl sites for hydroxylation is 1. The van der Waals surface area contributed by atoms with E-state index in [1.807, 2.05) is 0 Å². The molecule has 17 heavy (non-hydrogen) atoms. The zero-order valence-electron chi connectivity index (χ0n) is 10.2. The molecular formula is C13H20N2OS. The maximum atomic E-state index is 11.4. The first-order valence-electron chi connectivity index (χ1n) is 6.77. The molecule has 0 radical (unpaired) electrons. The van der Waals surface area contributed by atoms with Gasteiger partial charge in [0.1, 0.15) is 0 Å². The molecule has 0 amide bonds. The lowest BCUT2D eigenvalue weighted by Gasteiger charge is -2.31. The van der Waals surface area contributed by atoms with E-state index in [4.69, 9.17) is 0 Å². The van der Waals surface area contributed by atoms with Crippen molar-refractivity contribution in [3.63, 3.8) is 0 Å². The van der Waals surface area contributed by atoms with Crippen LogP contribution in [0.1, 0.15) is 48.6 Å². The van der Waals surface area contributed by atoms with Crippen LogP contribution in [0.3, 0.4) is 0 Å². The van der Waals surface area contributed by atoms with Crippen LogP contribution < -0.4 is 4.87 Å². The van der Waals surface area contributed by atoms with Gasteiger partial charge in [0.25, 0.3) is 0 Å². The first kappa shape index (κ1) is 11.5. The van der Waals surface area contributed by atoms with E-state index in [0.717, 1.165) is 13.0 Å². The van der Waals surface area contributed by atoms with Gasteiger partial charge in [-0.25, -0.2) is 0 Å². The van der Waals surface area contributed by atoms with Crippen molar-refractivity contribution in [2.24, 2.45) is 0 Å². The van der Waals surface area contributed by atoms with Crippen LogP contribution in [-0.4, -0.2) is 29.5 Å². The normalized spacial score (nSPS) is 25.8. The number of H-pyrrole nitrogens is 1. The summed E-state index contributed by atoms with van der Waals surface area (Å²) in [5.74, 6) is 0.579. The summed E-state index contributed by atoms with van der Waals surface area (Å²) < 4.78 is 0. The summed E-state index contributed by atoms with van der Waals surface area (Å²) in [5.41, 5.74) is 1.26. The van der Waals surface area contributed by atoms with E-state index < -0.39 is 0 Å². The Morgan fingerprint density at radius 3 is 2.88 bits per heavy atom. The zero-order valence-corrected chi connectivity index (χ0v) is 11.0. The number of piperidine rings is 1. The molecule has 1 fully saturated rings. The number of rotatable bonds is 2. The second-order valence-electron chi connectivity index (χ2n) is 5.30. The molecule has 0 bridgehead atoms. The number of fused-ring (bicyclic) bond motifs is 1. The first-order chi connectivity index (χ1) is 8.33. The molecule has 2 heterocycles. The number of thiazole rings is 1. The van der Waals surface area contributed by atoms with Gasteiger partial charge in [0.2, 0.25) is 0 Å². The van der Waals surface area contributed by atoms with Crippen LogP contribution in [0.25, 0.3) is 0 Å². The number of nitrogens with zero attached hydrogens (tertiary/aromatic N) is 1. The van der Waals surface area contributed by atoms with Crippen molar-refractivity contribution < 1.29 is 0 Å². The molecule has 1 aliphatic carbocycles. The molecule has 1 unspecified atom stereocenters. The largest absolute Gasteiger partial charge is 0.316 e. The Bertz CT molecular complexity index is 431. The second-order valence-corrected chi connectivity index (χ2v) is 6.37. The lowest BCUT2D eigenvalue weighted by molar-refractivity contribution is 0.208. The summed E-state index contributed by atoms with van der Waals surface area (Å²) in [7, 11) is 0. The van der Waals surface area contributed by atoms with Crippen LogP contribution in [0.15, 0.2) is 4.79 Å². The molecule has 1 aliphatic heterocycles. The van der Waals surface area contributed by atoms with Crippen LogP contribution in [0, 0.1) is 0 Å². The summed E-state index contributed by atoms with van der Waals surface area (Å²) in [6, 6.07) is 0. The third-order valence-corrected chi connectivity index (χ3v) is 5.00. The van der Waals surface area contributed by atoms with Gasteiger partial charge >= 0.3 is 4.87 Å². The second kappa shape index (κ2) is 4.94. The van der Waals surface area contributed by atoms with Crippen molar-refractivity contribution in [1.29, 1.82) is 0 Å². The summed E-state index contributed by atoms with van der Waals surface area (Å²) in [5, 5.41) is 0. The van der Waals surface area contributed by atoms with Crippen LogP contribution in [0.5, 0.6) is 0 Å². The average Bonchev–Trinajstić information content (AvgIpc) is 2.72. The number of hydrogen-bond donors (Lipinski definition) is 1. The Labute approximate surface area is 106 Å². The van der Waals surface area contributed by atoms with Crippen molar-refractivity contribution in [2.45, 2.75) is 44.4 Å². The summed E-state index contributed by atoms with van der Waals surface area (Å²) in [4.78, 5) is 18.6. The predicted octanol–water partition coefficient (Wildman–Crippen LogP) is 2.34. The minimum absolute atomic E-state index is 0.139. The average molecular weight is 252 g/mol. The van der Waals surface area contributed by atoms with Crippen LogP contribution in [-0.2, 0) is 6.42 Å². The topological polar surface area (TPSA) is 36.1 Å². The maximum Gasteiger partial charge on any atom is 0.304 e. The molecule has 1 aromatic heterocycles. The van der Waals surface area contributed by atoms with Crippen molar-refractivity contribution in [2.75, 3.05) is 19.6 Å². The summed E-state index contributed by atoms with van der Waals surface area (Å²) >= 11 is 1.43. The van der Waals surface area contributed by atoms with E-state index >= 15 is 0 Å². The Hall–Kier alpha value is -0.610. The Kier molecular flexibility index (Phi) is 3.34. The monoisotopic (exact) mass is 252 g/mol. The van der Waals surface area contributed by atoms with Gasteiger partial charge in [0, 0.05) is 23.0 Å². The summed E-state index contributed by atoms with van der Waals surface area (Å²) in [6.07, 6.45) is 7.69. The molecule has 0 spiro atoms. The quantitative estimate of drug-likeness (QED) is 0.877. The van der Waals surface area contributed by atoms with Gasteiger partial charge in [-0.05, 0) is 45.2 Å². The minimum atomic E-state index is 0.139. The van der Waals surface area contributed by atoms with Gasteiger partial charge in [-0.1, -0.05) is 17.8 Å². The molecule has 0 aromatic carbocycles. The van der Waals surface area contributed by atoms with Gasteiger partial charge in [-0.15, -0.1) is 0 Å². The first-order valence-corrected chi connectivity index (χ1v) is 7.59. The Balaban J connectivity index is 1.73. The van der Waals surface area contributed by atoms with E-state index in [-0.39, 0.29) is 4.87 Å². The highest BCUT2D eigenvalue weighted by Gasteiger charge is 2.25. The lowest BCUT2D eigenvalue weighted by atomic mass is 9.90. The molecule has 3 nitrogen and oxygen atoms in total. The number of aromatic nitrogens is 1. The fourth-order valence-corrected chi connectivity index (χ4v) is 4.14. The number of aromatic amines is 1. The molecule has 2 aliphatic rings. The fraction of sp³-hybridized carbons (Fsp3) is 0.769. The molecular weight excluding hydrogens is 232 g/mol. The molecule has 4 heteroatoms. The molecule has 1 atom stereocenters. The standard InChI is InChI=1S/C13H20N2OS/c16-13-14-12-10(5-4-6-11(12)17-13)9-15-7-2-1-3-8-15/h10H,1-9H2,(H,14,16). The highest BCUT2D eigenvalue weighted by atomic mass is 32.1. The number of hydrogen-bond acceptors (Lipinski definition) is 3. The third-order valence-electron chi connectivity index (χ3n) is 4.04. The molecule has 1 saturated heterocycles. The van der Waals surface area contributed by atoms with Gasteiger partial charge in [-0.2, -0.15) is 0 Å². The van der Waals surface area contributed by atoms with Crippen molar-refractivity contribution >= 4 is 11.3 Å². The van der Waals surface area contributed by atoms with E-state index in [1.165, 1.54) is 67.1 Å². The van der Waals surface area contributed by atoms with E-state index in [9.17, 15) is 4.79 Å². The summed E-state index contributed by atoms with van der Waals surface area (Å²) in [6.45, 7) is 3.65. The van der Waals surface area contributed by atoms with E-state index in [0.29, 0.717) is 5.92 Å². The van der Waals surface area contributed by atoms with Crippen molar-refractivity contribution in [1.82, 2.24) is 9.88 Å². The lowest BCUT2D eigenvalue weighted by Crippen LogP contribution is -2.34. The van der Waals surface area contributed by atoms with Gasteiger partial charge < -0.3 is 9.88 Å². The van der Waals surface area contributed by atoms with Gasteiger partial charge in [0.05, 0.1) is 0 Å². The Morgan fingerprint density at radius 2 is 2.06 bits per heavy atom. The Morgan fingerprint density at radius 1 is 1.24 bits per heavy atom. The van der Waals surface area contributed by atoms with Crippen LogP contribution in [0.4, 0.5) is 0 Å². The molecule has 1 aromatic rings. The molecule has 0 saturated carbocycles. The predicted molar refractivity (Wildman–Crippen MR) is 70.9 cm³/mol. The SMILES string of the molecule is O=c1[nH]c2c(s1)CCCC2CN1CCCCC1. The fourth-order valence-electron chi connectivity index (χ4n) is 3.18. The third kappa shape index (κ3) is 2.47. The minimum Gasteiger partial charge on any atom is -0.316 e. The highest BCUT2D eigenvalue weighted by molar-refractivity contribution is 7.09. The van der Waals surface area contributed by atoms with E-state index in [2.05, 4.69) is 9.88 Å². The maximum absolute atomic E-state index is 11.4. The smallest absolute Gasteiger partial charge is 0.304 e. The molecule has 3 rings (SSSR count). The van der Waals surface area contributed by atoms with Gasteiger partial charge in [-0.3, -0.25) is 4.79 Å². The number of nitrogens with one attached hydrogen (secondary N) is 1.